The van der Waals surface area contributed by atoms with Crippen molar-refractivity contribution in [2.75, 3.05) is 0 Å². The minimum atomic E-state index is -0.0773. The summed E-state index contributed by atoms with van der Waals surface area (Å²) in [6.45, 7) is 8.70. The molecule has 3 nitrogen and oxygen atoms in total. The maximum atomic E-state index is 4.49. The van der Waals surface area contributed by atoms with Gasteiger partial charge < -0.3 is 0 Å². The average Bonchev–Trinajstić information content (AvgIpc) is 2.80. The molecule has 2 heterocycles. The molecule has 0 amide bonds. The molecule has 0 unspecified atom stereocenters. The van der Waals surface area contributed by atoms with Crippen LogP contribution in [0.3, 0.4) is 0 Å². The maximum Gasteiger partial charge on any atom is 0.115 e. The topological polar surface area (TPSA) is 38.7 Å². The van der Waals surface area contributed by atoms with E-state index in [9.17, 15) is 0 Å². The SMILES string of the molecule is CC(C)c1ncc(C(C)(C)c2cncnc2)s1. The highest BCUT2D eigenvalue weighted by atomic mass is 32.1. The third-order valence-electron chi connectivity index (χ3n) is 2.92. The van der Waals surface area contributed by atoms with Gasteiger partial charge in [0.1, 0.15) is 6.33 Å². The minimum Gasteiger partial charge on any atom is -0.249 e. The Labute approximate surface area is 106 Å². The number of hydrogen-bond acceptors (Lipinski definition) is 4. The zero-order valence-electron chi connectivity index (χ0n) is 10.6. The number of nitrogens with zero attached hydrogens (tertiary/aromatic N) is 3. The molecule has 2 rings (SSSR count). The van der Waals surface area contributed by atoms with E-state index in [1.807, 2.05) is 18.6 Å². The van der Waals surface area contributed by atoms with Gasteiger partial charge in [0.2, 0.25) is 0 Å². The van der Waals surface area contributed by atoms with Crippen molar-refractivity contribution in [1.82, 2.24) is 15.0 Å². The summed E-state index contributed by atoms with van der Waals surface area (Å²) >= 11 is 1.78. The Bertz CT molecular complexity index is 488. The highest BCUT2D eigenvalue weighted by molar-refractivity contribution is 7.11. The summed E-state index contributed by atoms with van der Waals surface area (Å²) in [5, 5.41) is 1.19. The Kier molecular flexibility index (Phi) is 3.24. The smallest absolute Gasteiger partial charge is 0.115 e. The molecule has 0 fully saturated rings. The first-order valence-electron chi connectivity index (χ1n) is 5.73. The summed E-state index contributed by atoms with van der Waals surface area (Å²) in [6.07, 6.45) is 7.29. The van der Waals surface area contributed by atoms with E-state index in [0.717, 1.165) is 5.56 Å². The molecule has 0 radical (unpaired) electrons. The monoisotopic (exact) mass is 247 g/mol. The van der Waals surface area contributed by atoms with E-state index in [-0.39, 0.29) is 5.41 Å². The fourth-order valence-electron chi connectivity index (χ4n) is 1.61. The van der Waals surface area contributed by atoms with E-state index in [1.165, 1.54) is 9.88 Å². The summed E-state index contributed by atoms with van der Waals surface area (Å²) in [5.41, 5.74) is 1.05. The normalized spacial score (nSPS) is 12.1. The first-order valence-corrected chi connectivity index (χ1v) is 6.55. The number of thiazole rings is 1. The molecule has 4 heteroatoms. The van der Waals surface area contributed by atoms with Crippen molar-refractivity contribution < 1.29 is 0 Å². The Morgan fingerprint density at radius 3 is 2.29 bits per heavy atom. The van der Waals surface area contributed by atoms with E-state index in [4.69, 9.17) is 0 Å². The van der Waals surface area contributed by atoms with Crippen molar-refractivity contribution in [1.29, 1.82) is 0 Å². The molecule has 0 saturated carbocycles. The molecule has 0 spiro atoms. The zero-order valence-corrected chi connectivity index (χ0v) is 11.5. The van der Waals surface area contributed by atoms with Crippen LogP contribution in [-0.4, -0.2) is 15.0 Å². The van der Waals surface area contributed by atoms with Crippen LogP contribution < -0.4 is 0 Å². The lowest BCUT2D eigenvalue weighted by Gasteiger charge is -2.22. The molecule has 0 aliphatic heterocycles. The molecule has 0 aliphatic rings. The molecule has 0 bridgehead atoms. The van der Waals surface area contributed by atoms with E-state index in [2.05, 4.69) is 42.6 Å². The zero-order chi connectivity index (χ0) is 12.5. The molecular formula is C13H17N3S. The van der Waals surface area contributed by atoms with Gasteiger partial charge in [-0.15, -0.1) is 11.3 Å². The molecule has 0 atom stereocenters. The predicted octanol–water partition coefficient (Wildman–Crippen LogP) is 3.38. The van der Waals surface area contributed by atoms with Crippen molar-refractivity contribution in [3.63, 3.8) is 0 Å². The standard InChI is InChI=1S/C13H17N3S/c1-9(2)12-16-7-11(17-12)13(3,4)10-5-14-8-15-6-10/h5-9H,1-4H3. The van der Waals surface area contributed by atoms with E-state index in [0.29, 0.717) is 5.92 Å². The van der Waals surface area contributed by atoms with Gasteiger partial charge in [-0.25, -0.2) is 15.0 Å². The van der Waals surface area contributed by atoms with E-state index < -0.39 is 0 Å². The molecule has 90 valence electrons. The number of hydrogen-bond donors (Lipinski definition) is 0. The van der Waals surface area contributed by atoms with Crippen molar-refractivity contribution in [3.05, 3.63) is 40.4 Å². The molecule has 2 aromatic rings. The van der Waals surface area contributed by atoms with Gasteiger partial charge in [-0.3, -0.25) is 0 Å². The maximum absolute atomic E-state index is 4.49. The predicted molar refractivity (Wildman–Crippen MR) is 70.4 cm³/mol. The molecule has 0 saturated heterocycles. The largest absolute Gasteiger partial charge is 0.249 e. The Morgan fingerprint density at radius 1 is 1.12 bits per heavy atom. The van der Waals surface area contributed by atoms with Gasteiger partial charge in [-0.1, -0.05) is 27.7 Å². The lowest BCUT2D eigenvalue weighted by molar-refractivity contribution is 0.645. The minimum absolute atomic E-state index is 0.0773. The number of aromatic nitrogens is 3. The van der Waals surface area contributed by atoms with Crippen molar-refractivity contribution >= 4 is 11.3 Å². The van der Waals surface area contributed by atoms with E-state index in [1.54, 1.807) is 17.7 Å². The second-order valence-electron chi connectivity index (χ2n) is 4.97. The second-order valence-corrected chi connectivity index (χ2v) is 6.03. The third kappa shape index (κ3) is 2.36. The van der Waals surface area contributed by atoms with Gasteiger partial charge in [0.15, 0.2) is 0 Å². The van der Waals surface area contributed by atoms with Gasteiger partial charge in [-0.05, 0) is 5.56 Å². The van der Waals surface area contributed by atoms with Gasteiger partial charge in [0.05, 0.1) is 5.01 Å². The molecule has 0 aromatic carbocycles. The van der Waals surface area contributed by atoms with Crippen molar-refractivity contribution in [2.24, 2.45) is 0 Å². The van der Waals surface area contributed by atoms with E-state index >= 15 is 0 Å². The summed E-state index contributed by atoms with van der Waals surface area (Å²) < 4.78 is 0. The van der Waals surface area contributed by atoms with Crippen molar-refractivity contribution in [2.45, 2.75) is 39.0 Å². The van der Waals surface area contributed by atoms with Gasteiger partial charge >= 0.3 is 0 Å². The molecule has 2 aromatic heterocycles. The van der Waals surface area contributed by atoms with Crippen molar-refractivity contribution in [3.8, 4) is 0 Å². The summed E-state index contributed by atoms with van der Waals surface area (Å²) in [5.74, 6) is 0.483. The van der Waals surface area contributed by atoms with Crippen LogP contribution in [0.2, 0.25) is 0 Å². The fourth-order valence-corrected chi connectivity index (χ4v) is 2.65. The summed E-state index contributed by atoms with van der Waals surface area (Å²) in [7, 11) is 0. The van der Waals surface area contributed by atoms with Crippen LogP contribution in [0.1, 0.15) is 49.1 Å². The molecule has 0 aliphatic carbocycles. The Balaban J connectivity index is 2.37. The van der Waals surface area contributed by atoms with Crippen LogP contribution in [-0.2, 0) is 5.41 Å². The van der Waals surface area contributed by atoms with Crippen LogP contribution in [0.5, 0.6) is 0 Å². The van der Waals surface area contributed by atoms with Crippen LogP contribution in [0.4, 0.5) is 0 Å². The first kappa shape index (κ1) is 12.2. The second kappa shape index (κ2) is 4.53. The quantitative estimate of drug-likeness (QED) is 0.834. The van der Waals surface area contributed by atoms with Gasteiger partial charge in [0.25, 0.3) is 0 Å². The molecular weight excluding hydrogens is 230 g/mol. The number of rotatable bonds is 3. The van der Waals surface area contributed by atoms with Crippen LogP contribution in [0.15, 0.2) is 24.9 Å². The Morgan fingerprint density at radius 2 is 1.76 bits per heavy atom. The van der Waals surface area contributed by atoms with Crippen LogP contribution >= 0.6 is 11.3 Å². The fraction of sp³-hybridized carbons (Fsp3) is 0.462. The summed E-state index contributed by atoms with van der Waals surface area (Å²) in [4.78, 5) is 13.9. The average molecular weight is 247 g/mol. The summed E-state index contributed by atoms with van der Waals surface area (Å²) in [6, 6.07) is 0. The molecule has 17 heavy (non-hydrogen) atoms. The molecule has 0 N–H and O–H groups in total. The van der Waals surface area contributed by atoms with Gasteiger partial charge in [0, 0.05) is 34.8 Å². The highest BCUT2D eigenvalue weighted by Gasteiger charge is 2.26. The first-order chi connectivity index (χ1) is 8.01. The van der Waals surface area contributed by atoms with Crippen LogP contribution in [0.25, 0.3) is 0 Å². The lowest BCUT2D eigenvalue weighted by atomic mass is 9.85. The third-order valence-corrected chi connectivity index (χ3v) is 4.54. The lowest BCUT2D eigenvalue weighted by Crippen LogP contribution is -2.17. The Hall–Kier alpha value is -1.29. The highest BCUT2D eigenvalue weighted by Crippen LogP contribution is 2.35. The van der Waals surface area contributed by atoms with Gasteiger partial charge in [-0.2, -0.15) is 0 Å². The van der Waals surface area contributed by atoms with Crippen LogP contribution in [0, 0.1) is 0 Å².